The molecule has 2 aromatic carbocycles. The summed E-state index contributed by atoms with van der Waals surface area (Å²) in [5.74, 6) is -0.882. The maximum absolute atomic E-state index is 13.6. The van der Waals surface area contributed by atoms with Gasteiger partial charge in [-0.05, 0) is 62.1 Å². The maximum atomic E-state index is 13.6. The van der Waals surface area contributed by atoms with E-state index in [1.807, 2.05) is 31.2 Å². The molecular formula is C27H30N4O6. The Balaban J connectivity index is 1.79. The molecule has 0 spiro atoms. The van der Waals surface area contributed by atoms with E-state index in [1.165, 1.54) is 12.0 Å². The molecule has 10 nitrogen and oxygen atoms in total. The van der Waals surface area contributed by atoms with Gasteiger partial charge in [-0.25, -0.2) is 4.79 Å². The number of hydrogen-bond acceptors (Lipinski definition) is 7. The van der Waals surface area contributed by atoms with Gasteiger partial charge in [-0.3, -0.25) is 19.0 Å². The number of ether oxygens (including phenoxy) is 2. The Kier molecular flexibility index (Phi) is 7.86. The number of likely N-dealkylation sites (tertiary alicyclic amines) is 1. The molecule has 4 rings (SSSR count). The van der Waals surface area contributed by atoms with Crippen LogP contribution in [0.25, 0.3) is 5.69 Å². The van der Waals surface area contributed by atoms with Crippen molar-refractivity contribution in [2.24, 2.45) is 5.92 Å². The van der Waals surface area contributed by atoms with Crippen LogP contribution < -0.4 is 16.0 Å². The number of piperidine rings is 1. The van der Waals surface area contributed by atoms with Crippen molar-refractivity contribution in [3.63, 3.8) is 0 Å². The van der Waals surface area contributed by atoms with Gasteiger partial charge < -0.3 is 14.4 Å². The van der Waals surface area contributed by atoms with Crippen LogP contribution in [0.4, 0.5) is 0 Å². The Bertz CT molecular complexity index is 1410. The van der Waals surface area contributed by atoms with Crippen molar-refractivity contribution < 1.29 is 19.1 Å². The molecule has 0 N–H and O–H groups in total. The van der Waals surface area contributed by atoms with Gasteiger partial charge in [-0.2, -0.15) is 9.78 Å². The zero-order valence-corrected chi connectivity index (χ0v) is 21.2. The molecule has 1 aliphatic heterocycles. The Morgan fingerprint density at radius 3 is 2.49 bits per heavy atom. The number of rotatable bonds is 7. The van der Waals surface area contributed by atoms with Crippen LogP contribution in [0.2, 0.25) is 0 Å². The number of hydrogen-bond donors (Lipinski definition) is 0. The third kappa shape index (κ3) is 5.47. The second-order valence-corrected chi connectivity index (χ2v) is 8.90. The molecular weight excluding hydrogens is 476 g/mol. The van der Waals surface area contributed by atoms with E-state index in [1.54, 1.807) is 31.2 Å². The van der Waals surface area contributed by atoms with Gasteiger partial charge in [0.05, 0.1) is 31.9 Å². The first-order valence-electron chi connectivity index (χ1n) is 12.2. The van der Waals surface area contributed by atoms with Crippen LogP contribution >= 0.6 is 0 Å². The van der Waals surface area contributed by atoms with Crippen molar-refractivity contribution in [1.82, 2.24) is 19.2 Å². The highest BCUT2D eigenvalue weighted by Gasteiger charge is 2.32. The van der Waals surface area contributed by atoms with Crippen molar-refractivity contribution in [3.05, 3.63) is 86.2 Å². The number of aryl methyl sites for hydroxylation is 1. The molecule has 0 unspecified atom stereocenters. The molecule has 10 heteroatoms. The van der Waals surface area contributed by atoms with Crippen LogP contribution in [-0.2, 0) is 16.1 Å². The lowest BCUT2D eigenvalue weighted by Crippen LogP contribution is -2.49. The molecule has 37 heavy (non-hydrogen) atoms. The molecule has 194 valence electrons. The second-order valence-electron chi connectivity index (χ2n) is 8.90. The highest BCUT2D eigenvalue weighted by molar-refractivity contribution is 5.92. The summed E-state index contributed by atoms with van der Waals surface area (Å²) in [5, 5.41) is 4.23. The number of methoxy groups -OCH3 is 1. The largest absolute Gasteiger partial charge is 0.497 e. The van der Waals surface area contributed by atoms with Gasteiger partial charge in [0.1, 0.15) is 5.75 Å². The molecule has 0 saturated carbocycles. The van der Waals surface area contributed by atoms with Crippen LogP contribution in [-0.4, -0.2) is 57.9 Å². The first kappa shape index (κ1) is 25.9. The van der Waals surface area contributed by atoms with E-state index in [4.69, 9.17) is 9.47 Å². The fraction of sp³-hybridized carbons (Fsp3) is 0.370. The smallest absolute Gasteiger partial charge is 0.352 e. The van der Waals surface area contributed by atoms with Gasteiger partial charge in [0.15, 0.2) is 0 Å². The van der Waals surface area contributed by atoms with E-state index in [9.17, 15) is 19.2 Å². The van der Waals surface area contributed by atoms with Gasteiger partial charge in [0, 0.05) is 13.1 Å². The number of aromatic nitrogens is 3. The van der Waals surface area contributed by atoms with Crippen LogP contribution in [0, 0.1) is 12.8 Å². The maximum Gasteiger partial charge on any atom is 0.352 e. The minimum absolute atomic E-state index is 0.0191. The number of carbonyl (C=O) groups is 2. The lowest BCUT2D eigenvalue weighted by Gasteiger charge is -2.31. The minimum atomic E-state index is -0.777. The van der Waals surface area contributed by atoms with Gasteiger partial charge in [0.2, 0.25) is 5.69 Å². The predicted octanol–water partition coefficient (Wildman–Crippen LogP) is 2.17. The average Bonchev–Trinajstić information content (AvgIpc) is 2.92. The van der Waals surface area contributed by atoms with E-state index in [-0.39, 0.29) is 31.4 Å². The molecule has 1 saturated heterocycles. The van der Waals surface area contributed by atoms with Crippen molar-refractivity contribution in [2.75, 3.05) is 26.8 Å². The van der Waals surface area contributed by atoms with Crippen LogP contribution in [0.3, 0.4) is 0 Å². The van der Waals surface area contributed by atoms with Gasteiger partial charge >= 0.3 is 11.7 Å². The van der Waals surface area contributed by atoms with Crippen molar-refractivity contribution in [1.29, 1.82) is 0 Å². The summed E-state index contributed by atoms with van der Waals surface area (Å²) in [6, 6.07) is 14.0. The first-order valence-corrected chi connectivity index (χ1v) is 12.2. The van der Waals surface area contributed by atoms with Gasteiger partial charge in [-0.1, -0.05) is 24.3 Å². The summed E-state index contributed by atoms with van der Waals surface area (Å²) in [6.45, 7) is 4.34. The molecule has 1 fully saturated rings. The van der Waals surface area contributed by atoms with E-state index in [0.29, 0.717) is 30.8 Å². The highest BCUT2D eigenvalue weighted by Crippen LogP contribution is 2.19. The lowest BCUT2D eigenvalue weighted by atomic mass is 9.98. The zero-order valence-electron chi connectivity index (χ0n) is 21.2. The number of nitrogens with zero attached hydrogens (tertiary/aromatic N) is 4. The van der Waals surface area contributed by atoms with Crippen molar-refractivity contribution in [2.45, 2.75) is 33.2 Å². The lowest BCUT2D eigenvalue weighted by molar-refractivity contribution is -0.149. The van der Waals surface area contributed by atoms with E-state index in [0.717, 1.165) is 20.4 Å². The van der Waals surface area contributed by atoms with E-state index in [2.05, 4.69) is 5.10 Å². The van der Waals surface area contributed by atoms with Crippen LogP contribution in [0.1, 0.15) is 41.4 Å². The molecule has 0 radical (unpaired) electrons. The van der Waals surface area contributed by atoms with Crippen LogP contribution in [0.5, 0.6) is 5.75 Å². The first-order chi connectivity index (χ1) is 17.8. The molecule has 2 heterocycles. The summed E-state index contributed by atoms with van der Waals surface area (Å²) in [4.78, 5) is 54.3. The van der Waals surface area contributed by atoms with Crippen molar-refractivity contribution >= 4 is 11.9 Å². The Morgan fingerprint density at radius 2 is 1.81 bits per heavy atom. The topological polar surface area (TPSA) is 113 Å². The SMILES string of the molecule is CCOC(=O)[C@@H]1CCCN(C(=O)c2nn(-c3ccc(OC)cc3)c(=O)n(Cc3ccccc3C)c2=O)C1. The van der Waals surface area contributed by atoms with Crippen molar-refractivity contribution in [3.8, 4) is 11.4 Å². The van der Waals surface area contributed by atoms with E-state index >= 15 is 0 Å². The fourth-order valence-electron chi connectivity index (χ4n) is 4.40. The molecule has 1 aromatic heterocycles. The zero-order chi connectivity index (χ0) is 26.5. The third-order valence-electron chi connectivity index (χ3n) is 6.50. The summed E-state index contributed by atoms with van der Waals surface area (Å²) in [5.41, 5.74) is 0.227. The Hall–Kier alpha value is -4.21. The number of carbonyl (C=O) groups excluding carboxylic acids is 2. The molecule has 3 aromatic rings. The quantitative estimate of drug-likeness (QED) is 0.452. The monoisotopic (exact) mass is 506 g/mol. The summed E-state index contributed by atoms with van der Waals surface area (Å²) in [6.07, 6.45) is 1.18. The molecule has 1 amide bonds. The Labute approximate surface area is 214 Å². The van der Waals surface area contributed by atoms with E-state index < -0.39 is 23.1 Å². The highest BCUT2D eigenvalue weighted by atomic mass is 16.5. The third-order valence-corrected chi connectivity index (χ3v) is 6.50. The van der Waals surface area contributed by atoms with Gasteiger partial charge in [0.25, 0.3) is 11.5 Å². The minimum Gasteiger partial charge on any atom is -0.497 e. The average molecular weight is 507 g/mol. The molecule has 1 atom stereocenters. The second kappa shape index (κ2) is 11.2. The summed E-state index contributed by atoms with van der Waals surface area (Å²) in [7, 11) is 1.53. The van der Waals surface area contributed by atoms with Gasteiger partial charge in [-0.15, -0.1) is 0 Å². The standard InChI is InChI=1S/C27H30N4O6/c1-4-37-26(34)20-10-7-15-29(16-20)24(32)23-25(33)30(17-19-9-6-5-8-18(19)2)27(35)31(28-23)21-11-13-22(36-3)14-12-21/h5-6,8-9,11-14,20H,4,7,10,15-17H2,1-3H3/t20-/m1/s1. The summed E-state index contributed by atoms with van der Waals surface area (Å²) < 4.78 is 12.4. The normalized spacial score (nSPS) is 15.3. The predicted molar refractivity (Wildman–Crippen MR) is 136 cm³/mol. The molecule has 0 aliphatic carbocycles. The summed E-state index contributed by atoms with van der Waals surface area (Å²) >= 11 is 0. The molecule has 0 bridgehead atoms. The number of benzene rings is 2. The van der Waals surface area contributed by atoms with Crippen LogP contribution in [0.15, 0.2) is 58.1 Å². The number of amides is 1. The fourth-order valence-corrected chi connectivity index (χ4v) is 4.40. The Morgan fingerprint density at radius 1 is 1.08 bits per heavy atom. The molecule has 1 aliphatic rings. The number of esters is 1.